The van der Waals surface area contributed by atoms with E-state index in [1.54, 1.807) is 13.8 Å². The number of alkyl halides is 3. The van der Waals surface area contributed by atoms with Gasteiger partial charge in [-0.25, -0.2) is 15.0 Å². The quantitative estimate of drug-likeness (QED) is 0.467. The molecule has 3 rings (SSSR count). The molecule has 1 aliphatic heterocycles. The van der Waals surface area contributed by atoms with Gasteiger partial charge in [-0.05, 0) is 19.9 Å². The molecule has 0 saturated heterocycles. The van der Waals surface area contributed by atoms with E-state index in [-0.39, 0.29) is 37.2 Å². The van der Waals surface area contributed by atoms with Gasteiger partial charge in [0, 0.05) is 30.8 Å². The Balaban J connectivity index is 1.90. The first kappa shape index (κ1) is 21.6. The minimum atomic E-state index is -4.52. The van der Waals surface area contributed by atoms with Crippen LogP contribution in [0.15, 0.2) is 18.5 Å². The van der Waals surface area contributed by atoms with Crippen molar-refractivity contribution in [2.75, 3.05) is 36.1 Å². The van der Waals surface area contributed by atoms with Crippen LogP contribution >= 0.6 is 0 Å². The molecule has 0 saturated carbocycles. The normalized spacial score (nSPS) is 16.0. The summed E-state index contributed by atoms with van der Waals surface area (Å²) in [7, 11) is 0. The third-order valence-electron chi connectivity index (χ3n) is 4.66. The van der Waals surface area contributed by atoms with Crippen LogP contribution in [0.2, 0.25) is 0 Å². The van der Waals surface area contributed by atoms with Crippen LogP contribution in [-0.2, 0) is 11.0 Å². The number of amides is 1. The number of aliphatic hydroxyl groups excluding tert-OH is 1. The summed E-state index contributed by atoms with van der Waals surface area (Å²) < 4.78 is 39.3. The summed E-state index contributed by atoms with van der Waals surface area (Å²) in [4.78, 5) is 24.5. The number of rotatable bonds is 6. The lowest BCUT2D eigenvalue weighted by atomic mass is 9.97. The predicted molar refractivity (Wildman–Crippen MR) is 104 cm³/mol. The molecule has 6 N–H and O–H groups in total. The molecule has 2 aromatic rings. The number of aromatic nitrogens is 3. The van der Waals surface area contributed by atoms with Gasteiger partial charge in [0.25, 0.3) is 0 Å². The second kappa shape index (κ2) is 7.94. The van der Waals surface area contributed by atoms with Crippen molar-refractivity contribution < 1.29 is 23.1 Å². The number of nitrogen functional groups attached to an aromatic ring is 1. The monoisotopic (exact) mass is 425 g/mol. The highest BCUT2D eigenvalue weighted by Gasteiger charge is 2.36. The van der Waals surface area contributed by atoms with Gasteiger partial charge >= 0.3 is 6.18 Å². The van der Waals surface area contributed by atoms with Gasteiger partial charge < -0.3 is 26.8 Å². The van der Waals surface area contributed by atoms with Crippen LogP contribution in [0.3, 0.4) is 0 Å². The van der Waals surface area contributed by atoms with E-state index >= 15 is 0 Å². The van der Waals surface area contributed by atoms with Crippen molar-refractivity contribution in [2.45, 2.75) is 31.5 Å². The third-order valence-corrected chi connectivity index (χ3v) is 4.66. The first-order valence-corrected chi connectivity index (χ1v) is 9.13. The van der Waals surface area contributed by atoms with Crippen molar-refractivity contribution in [1.29, 1.82) is 0 Å². The van der Waals surface area contributed by atoms with Crippen LogP contribution in [0.5, 0.6) is 0 Å². The second-order valence-electron chi connectivity index (χ2n) is 7.36. The van der Waals surface area contributed by atoms with E-state index in [0.717, 1.165) is 12.3 Å². The van der Waals surface area contributed by atoms with Gasteiger partial charge in [-0.15, -0.1) is 0 Å². The minimum absolute atomic E-state index is 0.0941. The maximum atomic E-state index is 13.1. The van der Waals surface area contributed by atoms with Crippen molar-refractivity contribution in [3.63, 3.8) is 0 Å². The number of nitrogens with zero attached hydrogens (tertiary/aromatic N) is 3. The van der Waals surface area contributed by atoms with Crippen LogP contribution in [0, 0.1) is 0 Å². The first-order chi connectivity index (χ1) is 14.0. The van der Waals surface area contributed by atoms with Gasteiger partial charge in [0.15, 0.2) is 0 Å². The van der Waals surface area contributed by atoms with E-state index < -0.39 is 23.2 Å². The SMILES string of the molecule is CC(C)(Nc1ncc(N)c(C2CNc3ncc(C(F)(F)F)cc32)n1)C(=O)NCCO. The maximum Gasteiger partial charge on any atom is 0.417 e. The molecule has 3 heterocycles. The summed E-state index contributed by atoms with van der Waals surface area (Å²) in [5, 5.41) is 17.3. The van der Waals surface area contributed by atoms with Gasteiger partial charge in [-0.1, -0.05) is 0 Å². The molecule has 0 fully saturated rings. The van der Waals surface area contributed by atoms with E-state index in [4.69, 9.17) is 10.8 Å². The molecule has 12 heteroatoms. The van der Waals surface area contributed by atoms with Crippen LogP contribution in [0.25, 0.3) is 0 Å². The lowest BCUT2D eigenvalue weighted by Crippen LogP contribution is -2.49. The summed E-state index contributed by atoms with van der Waals surface area (Å²) in [5.41, 5.74) is 4.91. The Morgan fingerprint density at radius 1 is 1.33 bits per heavy atom. The molecule has 1 amide bonds. The molecule has 1 aliphatic rings. The Labute approximate surface area is 170 Å². The molecule has 0 spiro atoms. The molecule has 0 bridgehead atoms. The Kier molecular flexibility index (Phi) is 5.70. The van der Waals surface area contributed by atoms with Gasteiger partial charge in [0.1, 0.15) is 11.4 Å². The zero-order valence-corrected chi connectivity index (χ0v) is 16.3. The number of carbonyl (C=O) groups excluding carboxylic acids is 1. The number of anilines is 3. The highest BCUT2D eigenvalue weighted by molar-refractivity contribution is 5.88. The van der Waals surface area contributed by atoms with Gasteiger partial charge in [0.05, 0.1) is 29.7 Å². The van der Waals surface area contributed by atoms with Crippen molar-refractivity contribution in [3.05, 3.63) is 35.3 Å². The number of hydrogen-bond donors (Lipinski definition) is 5. The highest BCUT2D eigenvalue weighted by Crippen LogP contribution is 2.39. The number of aliphatic hydroxyl groups is 1. The van der Waals surface area contributed by atoms with Crippen LogP contribution in [-0.4, -0.2) is 51.2 Å². The molecule has 9 nitrogen and oxygen atoms in total. The van der Waals surface area contributed by atoms with Gasteiger partial charge in [0.2, 0.25) is 11.9 Å². The lowest BCUT2D eigenvalue weighted by molar-refractivity contribution is -0.137. The smallest absolute Gasteiger partial charge is 0.396 e. The molecule has 1 atom stereocenters. The zero-order chi connectivity index (χ0) is 22.1. The van der Waals surface area contributed by atoms with Crippen LogP contribution in [0.1, 0.15) is 36.6 Å². The first-order valence-electron chi connectivity index (χ1n) is 9.13. The molecule has 1 unspecified atom stereocenters. The fraction of sp³-hybridized carbons (Fsp3) is 0.444. The average Bonchev–Trinajstić information content (AvgIpc) is 3.09. The summed E-state index contributed by atoms with van der Waals surface area (Å²) in [5.74, 6) is -0.518. The molecule has 0 aromatic carbocycles. The van der Waals surface area contributed by atoms with Gasteiger partial charge in [-0.3, -0.25) is 4.79 Å². The Morgan fingerprint density at radius 3 is 2.73 bits per heavy atom. The maximum absolute atomic E-state index is 13.1. The van der Waals surface area contributed by atoms with Gasteiger partial charge in [-0.2, -0.15) is 13.2 Å². The second-order valence-corrected chi connectivity index (χ2v) is 7.36. The molecule has 162 valence electrons. The number of hydrogen-bond acceptors (Lipinski definition) is 8. The lowest BCUT2D eigenvalue weighted by Gasteiger charge is -2.25. The number of pyridine rings is 1. The largest absolute Gasteiger partial charge is 0.417 e. The van der Waals surface area contributed by atoms with E-state index in [1.807, 2.05) is 0 Å². The Hall–Kier alpha value is -3.15. The van der Waals surface area contributed by atoms with E-state index in [9.17, 15) is 18.0 Å². The molecule has 0 radical (unpaired) electrons. The summed E-state index contributed by atoms with van der Waals surface area (Å²) in [6.07, 6.45) is -2.41. The zero-order valence-electron chi connectivity index (χ0n) is 16.3. The predicted octanol–water partition coefficient (Wildman–Crippen LogP) is 1.33. The van der Waals surface area contributed by atoms with Crippen molar-refractivity contribution in [2.24, 2.45) is 0 Å². The fourth-order valence-electron chi connectivity index (χ4n) is 3.07. The van der Waals surface area contributed by atoms with Crippen molar-refractivity contribution in [3.8, 4) is 0 Å². The van der Waals surface area contributed by atoms with E-state index in [1.165, 1.54) is 6.20 Å². The summed E-state index contributed by atoms with van der Waals surface area (Å²) in [6.45, 7) is 3.37. The number of nitrogens with two attached hydrogens (primary N) is 1. The number of nitrogens with one attached hydrogen (secondary N) is 3. The number of carbonyl (C=O) groups is 1. The number of halogens is 3. The van der Waals surface area contributed by atoms with E-state index in [2.05, 4.69) is 30.9 Å². The molecule has 30 heavy (non-hydrogen) atoms. The summed E-state index contributed by atoms with van der Waals surface area (Å²) >= 11 is 0. The standard InChI is InChI=1S/C18H22F3N7O2/c1-17(2,15(30)23-3-4-29)28-16-26-8-12(22)13(27-16)11-7-25-14-10(11)5-9(6-24-14)18(19,20)21/h5-6,8,11,29H,3-4,7,22H2,1-2H3,(H,23,30)(H,24,25)(H,26,27,28). The molecular weight excluding hydrogens is 403 g/mol. The van der Waals surface area contributed by atoms with Crippen molar-refractivity contribution in [1.82, 2.24) is 20.3 Å². The average molecular weight is 425 g/mol. The third kappa shape index (κ3) is 4.37. The fourth-order valence-corrected chi connectivity index (χ4v) is 3.07. The number of fused-ring (bicyclic) bond motifs is 1. The van der Waals surface area contributed by atoms with Crippen LogP contribution < -0.4 is 21.7 Å². The molecule has 2 aromatic heterocycles. The van der Waals surface area contributed by atoms with Crippen molar-refractivity contribution >= 4 is 23.4 Å². The topological polar surface area (TPSA) is 138 Å². The Morgan fingerprint density at radius 2 is 2.07 bits per heavy atom. The molecule has 0 aliphatic carbocycles. The molecular formula is C18H22F3N7O2. The van der Waals surface area contributed by atoms with Crippen LogP contribution in [0.4, 0.5) is 30.6 Å². The van der Waals surface area contributed by atoms with E-state index in [0.29, 0.717) is 17.1 Å². The Bertz CT molecular complexity index is 950. The summed E-state index contributed by atoms with van der Waals surface area (Å²) in [6, 6.07) is 1.04. The minimum Gasteiger partial charge on any atom is -0.396 e. The highest BCUT2D eigenvalue weighted by atomic mass is 19.4.